The van der Waals surface area contributed by atoms with Gasteiger partial charge in [0, 0.05) is 0 Å². The number of carbonyl (C=O) groups is 1. The number of aliphatic imine (C=N–C) groups is 1. The van der Waals surface area contributed by atoms with Crippen LogP contribution < -0.4 is 14.2 Å². The average Bonchev–Trinajstić information content (AvgIpc) is 3.21. The summed E-state index contributed by atoms with van der Waals surface area (Å²) in [6.45, 7) is 0.190. The lowest BCUT2D eigenvalue weighted by atomic mass is 10.1. The van der Waals surface area contributed by atoms with Crippen molar-refractivity contribution in [1.29, 1.82) is 0 Å². The molecule has 6 nitrogen and oxygen atoms in total. The Kier molecular flexibility index (Phi) is 3.82. The van der Waals surface area contributed by atoms with Crippen molar-refractivity contribution in [2.24, 2.45) is 4.99 Å². The first-order valence-electron chi connectivity index (χ1n) is 7.40. The molecule has 0 unspecified atom stereocenters. The minimum Gasteiger partial charge on any atom is -0.497 e. The van der Waals surface area contributed by atoms with Crippen LogP contribution in [0.5, 0.6) is 17.2 Å². The molecular formula is C18H12ClNO5. The van der Waals surface area contributed by atoms with Crippen molar-refractivity contribution in [1.82, 2.24) is 0 Å². The summed E-state index contributed by atoms with van der Waals surface area (Å²) in [5.74, 6) is 1.52. The Morgan fingerprint density at radius 3 is 2.80 bits per heavy atom. The highest BCUT2D eigenvalue weighted by atomic mass is 35.5. The number of fused-ring (bicyclic) bond motifs is 1. The number of ether oxygens (including phenoxy) is 4. The van der Waals surface area contributed by atoms with Crippen molar-refractivity contribution in [3.05, 3.63) is 58.2 Å². The highest BCUT2D eigenvalue weighted by Crippen LogP contribution is 2.33. The van der Waals surface area contributed by atoms with Gasteiger partial charge in [-0.05, 0) is 42.0 Å². The van der Waals surface area contributed by atoms with Gasteiger partial charge < -0.3 is 18.9 Å². The standard InChI is InChI=1S/C18H12ClNO5/c1-22-11-3-4-12(13(19)8-11)17-20-14(18(21)25-17)6-10-2-5-15-16(7-10)24-9-23-15/h2-8H,9H2,1H3. The molecule has 0 saturated carbocycles. The molecule has 0 radical (unpaired) electrons. The SMILES string of the molecule is COc1ccc(C2=NC(=Cc3ccc4c(c3)OCO4)C(=O)O2)c(Cl)c1. The van der Waals surface area contributed by atoms with Crippen LogP contribution in [0.1, 0.15) is 11.1 Å². The fraction of sp³-hybridized carbons (Fsp3) is 0.111. The van der Waals surface area contributed by atoms with E-state index in [0.717, 1.165) is 5.56 Å². The fourth-order valence-corrected chi connectivity index (χ4v) is 2.73. The Morgan fingerprint density at radius 2 is 2.00 bits per heavy atom. The molecule has 2 aromatic rings. The molecule has 0 saturated heterocycles. The normalized spacial score (nSPS) is 16.8. The third kappa shape index (κ3) is 2.92. The number of halogens is 1. The summed E-state index contributed by atoms with van der Waals surface area (Å²) in [6, 6.07) is 10.4. The van der Waals surface area contributed by atoms with Crippen molar-refractivity contribution in [3.8, 4) is 17.2 Å². The van der Waals surface area contributed by atoms with Crippen LogP contribution in [0.25, 0.3) is 6.08 Å². The predicted octanol–water partition coefficient (Wildman–Crippen LogP) is 3.42. The molecule has 2 aromatic carbocycles. The largest absolute Gasteiger partial charge is 0.497 e. The van der Waals surface area contributed by atoms with Crippen molar-refractivity contribution < 1.29 is 23.7 Å². The molecule has 2 heterocycles. The topological polar surface area (TPSA) is 66.3 Å². The molecule has 0 spiro atoms. The van der Waals surface area contributed by atoms with Crippen LogP contribution in [0.4, 0.5) is 0 Å². The molecule has 0 aliphatic carbocycles. The molecule has 0 atom stereocenters. The minimum absolute atomic E-state index is 0.157. The quantitative estimate of drug-likeness (QED) is 0.622. The van der Waals surface area contributed by atoms with Crippen molar-refractivity contribution >= 4 is 29.5 Å². The van der Waals surface area contributed by atoms with Gasteiger partial charge in [-0.2, -0.15) is 0 Å². The number of hydrogen-bond donors (Lipinski definition) is 0. The Bertz CT molecular complexity index is 935. The zero-order valence-corrected chi connectivity index (χ0v) is 13.9. The van der Waals surface area contributed by atoms with Gasteiger partial charge in [0.05, 0.1) is 17.7 Å². The number of esters is 1. The summed E-state index contributed by atoms with van der Waals surface area (Å²) in [5, 5.41) is 0.384. The third-order valence-electron chi connectivity index (χ3n) is 3.73. The maximum Gasteiger partial charge on any atom is 0.363 e. The molecule has 0 amide bonds. The van der Waals surface area contributed by atoms with E-state index in [1.807, 2.05) is 6.07 Å². The molecule has 25 heavy (non-hydrogen) atoms. The minimum atomic E-state index is -0.542. The summed E-state index contributed by atoms with van der Waals surface area (Å²) in [6.07, 6.45) is 1.62. The molecule has 2 aliphatic rings. The first-order valence-corrected chi connectivity index (χ1v) is 7.78. The lowest BCUT2D eigenvalue weighted by molar-refractivity contribution is -0.129. The predicted molar refractivity (Wildman–Crippen MR) is 91.2 cm³/mol. The molecule has 0 bridgehead atoms. The van der Waals surface area contributed by atoms with Crippen molar-refractivity contribution in [2.45, 2.75) is 0 Å². The number of nitrogens with zero attached hydrogens (tertiary/aromatic N) is 1. The van der Waals surface area contributed by atoms with Gasteiger partial charge in [0.25, 0.3) is 0 Å². The maximum atomic E-state index is 12.1. The number of hydrogen-bond acceptors (Lipinski definition) is 6. The van der Waals surface area contributed by atoms with Gasteiger partial charge in [-0.1, -0.05) is 17.7 Å². The van der Waals surface area contributed by atoms with E-state index in [9.17, 15) is 4.79 Å². The number of benzene rings is 2. The van der Waals surface area contributed by atoms with Crippen molar-refractivity contribution in [2.75, 3.05) is 13.9 Å². The highest BCUT2D eigenvalue weighted by molar-refractivity contribution is 6.34. The van der Waals surface area contributed by atoms with E-state index in [2.05, 4.69) is 4.99 Å². The monoisotopic (exact) mass is 357 g/mol. The summed E-state index contributed by atoms with van der Waals surface area (Å²) in [4.78, 5) is 16.4. The van der Waals surface area contributed by atoms with Crippen LogP contribution in [0.3, 0.4) is 0 Å². The van der Waals surface area contributed by atoms with Crippen LogP contribution in [-0.4, -0.2) is 25.8 Å². The van der Waals surface area contributed by atoms with Gasteiger partial charge in [0.1, 0.15) is 5.75 Å². The Hall–Kier alpha value is -2.99. The second kappa shape index (κ2) is 6.14. The number of rotatable bonds is 3. The van der Waals surface area contributed by atoms with Gasteiger partial charge in [0.2, 0.25) is 12.7 Å². The zero-order valence-electron chi connectivity index (χ0n) is 13.1. The van der Waals surface area contributed by atoms with Crippen molar-refractivity contribution in [3.63, 3.8) is 0 Å². The van der Waals surface area contributed by atoms with E-state index >= 15 is 0 Å². The zero-order chi connectivity index (χ0) is 17.4. The highest BCUT2D eigenvalue weighted by Gasteiger charge is 2.26. The van der Waals surface area contributed by atoms with Gasteiger partial charge in [0.15, 0.2) is 17.2 Å². The van der Waals surface area contributed by atoms with Gasteiger partial charge >= 0.3 is 5.97 Å². The van der Waals surface area contributed by atoms with Crippen LogP contribution in [0, 0.1) is 0 Å². The lowest BCUT2D eigenvalue weighted by Gasteiger charge is -2.05. The number of cyclic esters (lactones) is 1. The summed E-state index contributed by atoms with van der Waals surface area (Å²) in [5.41, 5.74) is 1.45. The fourth-order valence-electron chi connectivity index (χ4n) is 2.48. The first kappa shape index (κ1) is 15.5. The van der Waals surface area contributed by atoms with Crippen LogP contribution in [0.2, 0.25) is 5.02 Å². The smallest absolute Gasteiger partial charge is 0.363 e. The number of carbonyl (C=O) groups excluding carboxylic acids is 1. The van der Waals surface area contributed by atoms with Crippen LogP contribution >= 0.6 is 11.6 Å². The molecule has 0 fully saturated rings. The second-order valence-corrected chi connectivity index (χ2v) is 5.70. The van der Waals surface area contributed by atoms with E-state index in [4.69, 9.17) is 30.5 Å². The lowest BCUT2D eigenvalue weighted by Crippen LogP contribution is -2.06. The number of methoxy groups -OCH3 is 1. The van der Waals surface area contributed by atoms with E-state index in [0.29, 0.717) is 27.8 Å². The molecule has 7 heteroatoms. The van der Waals surface area contributed by atoms with Gasteiger partial charge in [-0.25, -0.2) is 9.79 Å². The van der Waals surface area contributed by atoms with Gasteiger partial charge in [-0.3, -0.25) is 0 Å². The van der Waals surface area contributed by atoms with E-state index in [-0.39, 0.29) is 18.4 Å². The van der Waals surface area contributed by atoms with E-state index in [1.54, 1.807) is 43.5 Å². The second-order valence-electron chi connectivity index (χ2n) is 5.29. The van der Waals surface area contributed by atoms with E-state index in [1.165, 1.54) is 0 Å². The Morgan fingerprint density at radius 1 is 1.16 bits per heavy atom. The van der Waals surface area contributed by atoms with E-state index < -0.39 is 5.97 Å². The van der Waals surface area contributed by atoms with Crippen LogP contribution in [-0.2, 0) is 9.53 Å². The first-order chi connectivity index (χ1) is 12.1. The molecule has 0 N–H and O–H groups in total. The average molecular weight is 358 g/mol. The Balaban J connectivity index is 1.66. The summed E-state index contributed by atoms with van der Waals surface area (Å²) in [7, 11) is 1.55. The van der Waals surface area contributed by atoms with Gasteiger partial charge in [-0.15, -0.1) is 0 Å². The molecular weight excluding hydrogens is 346 g/mol. The summed E-state index contributed by atoms with van der Waals surface area (Å²) >= 11 is 6.21. The molecule has 2 aliphatic heterocycles. The molecule has 0 aromatic heterocycles. The molecule has 4 rings (SSSR count). The Labute approximate surface area is 148 Å². The maximum absolute atomic E-state index is 12.1. The third-order valence-corrected chi connectivity index (χ3v) is 4.04. The van der Waals surface area contributed by atoms with Crippen LogP contribution in [0.15, 0.2) is 47.1 Å². The molecule has 126 valence electrons. The summed E-state index contributed by atoms with van der Waals surface area (Å²) < 4.78 is 20.9.